The zero-order chi connectivity index (χ0) is 39.0. The molecule has 2 aliphatic rings. The molecule has 0 bridgehead atoms. The molecule has 0 saturated heterocycles. The predicted octanol–water partition coefficient (Wildman–Crippen LogP) is 9.92. The monoisotopic (exact) mass is 782 g/mol. The van der Waals surface area contributed by atoms with Crippen LogP contribution in [0.2, 0.25) is 10.0 Å². The third kappa shape index (κ3) is 9.76. The van der Waals surface area contributed by atoms with Crippen molar-refractivity contribution in [3.05, 3.63) is 190 Å². The Morgan fingerprint density at radius 1 is 0.500 bits per heavy atom. The first-order valence-corrected chi connectivity index (χ1v) is 19.7. The van der Waals surface area contributed by atoms with Gasteiger partial charge in [0, 0.05) is 21.9 Å². The molecule has 6 atom stereocenters. The van der Waals surface area contributed by atoms with Gasteiger partial charge < -0.3 is 20.8 Å². The number of nitrogens with one attached hydrogen (secondary N) is 2. The summed E-state index contributed by atoms with van der Waals surface area (Å²) in [6, 6.07) is 50.7. The zero-order valence-corrected chi connectivity index (χ0v) is 32.3. The van der Waals surface area contributed by atoms with Gasteiger partial charge in [-0.2, -0.15) is 0 Å². The topological polar surface area (TPSA) is 98.7 Å². The second-order valence-electron chi connectivity index (χ2n) is 14.5. The van der Waals surface area contributed by atoms with E-state index in [0.29, 0.717) is 0 Å². The van der Waals surface area contributed by atoms with Gasteiger partial charge in [-0.3, -0.25) is 9.59 Å². The summed E-state index contributed by atoms with van der Waals surface area (Å²) in [6.07, 6.45) is 1.67. The minimum absolute atomic E-state index is 0.00444. The summed E-state index contributed by atoms with van der Waals surface area (Å²) in [7, 11) is 0. The van der Waals surface area contributed by atoms with Gasteiger partial charge >= 0.3 is 0 Å². The molecule has 0 aromatic heterocycles. The number of carbonyl (C=O) groups is 2. The Balaban J connectivity index is 0.000000172. The van der Waals surface area contributed by atoms with E-state index in [1.165, 1.54) is 11.1 Å². The SMILES string of the molecule is O=C(N[C@@H](CO)c1ccccc1)[C@@H]1C[C@H]1c1cccc(-c2ccc(Cl)cc2)c1.O=C(N[C@@H](CO)c1ccccc1)[C@H]1C[C@@H]1c1cccc(-c2ccc(Cl)cc2)c1. The van der Waals surface area contributed by atoms with Crippen molar-refractivity contribution in [3.8, 4) is 22.3 Å². The van der Waals surface area contributed by atoms with Crippen LogP contribution in [0.3, 0.4) is 0 Å². The summed E-state index contributed by atoms with van der Waals surface area (Å²) >= 11 is 12.0. The lowest BCUT2D eigenvalue weighted by molar-refractivity contribution is -0.124. The Hall–Kier alpha value is -5.24. The third-order valence-corrected chi connectivity index (χ3v) is 11.1. The molecule has 8 rings (SSSR count). The van der Waals surface area contributed by atoms with Crippen molar-refractivity contribution in [1.82, 2.24) is 10.6 Å². The van der Waals surface area contributed by atoms with Crippen LogP contribution in [0.1, 0.15) is 59.0 Å². The van der Waals surface area contributed by atoms with Gasteiger partial charge in [-0.25, -0.2) is 0 Å². The number of aliphatic hydroxyl groups is 2. The van der Waals surface area contributed by atoms with Crippen LogP contribution in [0.4, 0.5) is 0 Å². The summed E-state index contributed by atoms with van der Waals surface area (Å²) in [5.74, 6) is 0.371. The number of halogens is 2. The van der Waals surface area contributed by atoms with Crippen LogP contribution in [0.5, 0.6) is 0 Å². The average Bonchev–Trinajstić information content (AvgIpc) is 4.19. The highest BCUT2D eigenvalue weighted by molar-refractivity contribution is 6.30. The molecule has 8 heteroatoms. The molecule has 0 unspecified atom stereocenters. The van der Waals surface area contributed by atoms with E-state index in [-0.39, 0.29) is 60.8 Å². The van der Waals surface area contributed by atoms with Gasteiger partial charge in [-0.1, -0.05) is 157 Å². The minimum Gasteiger partial charge on any atom is -0.394 e. The molecular weight excluding hydrogens is 739 g/mol. The van der Waals surface area contributed by atoms with Crippen molar-refractivity contribution >= 4 is 35.0 Å². The molecule has 6 nitrogen and oxygen atoms in total. The summed E-state index contributed by atoms with van der Waals surface area (Å²) < 4.78 is 0. The van der Waals surface area contributed by atoms with Gasteiger partial charge in [0.2, 0.25) is 11.8 Å². The van der Waals surface area contributed by atoms with Gasteiger partial charge in [0.1, 0.15) is 0 Å². The van der Waals surface area contributed by atoms with Crippen LogP contribution >= 0.6 is 23.2 Å². The fraction of sp³-hybridized carbons (Fsp3) is 0.208. The van der Waals surface area contributed by atoms with Crippen LogP contribution < -0.4 is 10.6 Å². The van der Waals surface area contributed by atoms with Gasteiger partial charge in [0.15, 0.2) is 0 Å². The second kappa shape index (κ2) is 18.1. The average molecular weight is 784 g/mol. The van der Waals surface area contributed by atoms with Gasteiger partial charge in [-0.15, -0.1) is 0 Å². The number of aliphatic hydroxyl groups excluding tert-OH is 2. The Morgan fingerprint density at radius 3 is 1.23 bits per heavy atom. The highest BCUT2D eigenvalue weighted by atomic mass is 35.5. The molecule has 4 N–H and O–H groups in total. The van der Waals surface area contributed by atoms with E-state index in [1.807, 2.05) is 121 Å². The lowest BCUT2D eigenvalue weighted by Gasteiger charge is -2.16. The first-order chi connectivity index (χ1) is 27.3. The molecule has 0 aliphatic heterocycles. The highest BCUT2D eigenvalue weighted by Gasteiger charge is 2.45. The van der Waals surface area contributed by atoms with Crippen molar-refractivity contribution in [3.63, 3.8) is 0 Å². The summed E-state index contributed by atoms with van der Waals surface area (Å²) in [4.78, 5) is 25.4. The van der Waals surface area contributed by atoms with Gasteiger partial charge in [0.25, 0.3) is 0 Å². The molecule has 0 heterocycles. The number of hydrogen-bond donors (Lipinski definition) is 4. The maximum atomic E-state index is 12.7. The van der Waals surface area contributed by atoms with E-state index in [4.69, 9.17) is 23.2 Å². The van der Waals surface area contributed by atoms with Crippen molar-refractivity contribution in [2.45, 2.75) is 36.8 Å². The molecule has 6 aromatic carbocycles. The van der Waals surface area contributed by atoms with Crippen LogP contribution in [0.15, 0.2) is 158 Å². The van der Waals surface area contributed by atoms with Crippen LogP contribution in [-0.2, 0) is 9.59 Å². The largest absolute Gasteiger partial charge is 0.394 e. The van der Waals surface area contributed by atoms with Crippen LogP contribution in [-0.4, -0.2) is 35.2 Å². The van der Waals surface area contributed by atoms with Crippen molar-refractivity contribution in [2.75, 3.05) is 13.2 Å². The smallest absolute Gasteiger partial charge is 0.224 e. The van der Waals surface area contributed by atoms with Crippen molar-refractivity contribution in [2.24, 2.45) is 11.8 Å². The predicted molar refractivity (Wildman–Crippen MR) is 224 cm³/mol. The molecular formula is C48H44Cl2N2O4. The first kappa shape index (κ1) is 39.0. The fourth-order valence-corrected chi connectivity index (χ4v) is 7.54. The fourth-order valence-electron chi connectivity index (χ4n) is 7.29. The number of rotatable bonds is 12. The minimum atomic E-state index is -0.365. The summed E-state index contributed by atoms with van der Waals surface area (Å²) in [5.41, 5.74) is 8.64. The number of carbonyl (C=O) groups excluding carboxylic acids is 2. The number of benzene rings is 6. The molecule has 284 valence electrons. The van der Waals surface area contributed by atoms with E-state index >= 15 is 0 Å². The van der Waals surface area contributed by atoms with E-state index in [0.717, 1.165) is 56.3 Å². The van der Waals surface area contributed by atoms with E-state index in [2.05, 4.69) is 47.0 Å². The first-order valence-electron chi connectivity index (χ1n) is 19.0. The normalized spacial score (nSPS) is 19.1. The molecule has 2 amide bonds. The Morgan fingerprint density at radius 2 is 0.875 bits per heavy atom. The molecule has 2 saturated carbocycles. The van der Waals surface area contributed by atoms with Crippen LogP contribution in [0, 0.1) is 11.8 Å². The molecule has 6 aromatic rings. The quantitative estimate of drug-likeness (QED) is 0.0994. The Bertz CT molecular complexity index is 2070. The van der Waals surface area contributed by atoms with E-state index in [9.17, 15) is 19.8 Å². The van der Waals surface area contributed by atoms with E-state index in [1.54, 1.807) is 0 Å². The van der Waals surface area contributed by atoms with Crippen molar-refractivity contribution < 1.29 is 19.8 Å². The maximum absolute atomic E-state index is 12.7. The lowest BCUT2D eigenvalue weighted by atomic mass is 10.0. The second-order valence-corrected chi connectivity index (χ2v) is 15.3. The van der Waals surface area contributed by atoms with Gasteiger partial charge in [-0.05, 0) is 93.5 Å². The zero-order valence-electron chi connectivity index (χ0n) is 30.8. The van der Waals surface area contributed by atoms with Gasteiger partial charge in [0.05, 0.1) is 25.3 Å². The molecule has 2 fully saturated rings. The van der Waals surface area contributed by atoms with E-state index < -0.39 is 0 Å². The molecule has 2 aliphatic carbocycles. The standard InChI is InChI=1S/2C24H22ClNO2/c2*25-20-11-9-16(10-12-20)18-7-4-8-19(13-18)21-14-22(21)24(28)26-23(15-27)17-5-2-1-3-6-17/h2*1-13,21-23,27H,14-15H2,(H,26,28)/t21-,22+,23+;21-,22+,23-/m10/s1. The van der Waals surface area contributed by atoms with Crippen molar-refractivity contribution in [1.29, 1.82) is 0 Å². The molecule has 0 radical (unpaired) electrons. The number of amides is 2. The maximum Gasteiger partial charge on any atom is 0.224 e. The highest BCUT2D eigenvalue weighted by Crippen LogP contribution is 2.49. The molecule has 0 spiro atoms. The summed E-state index contributed by atoms with van der Waals surface area (Å²) in [6.45, 7) is -0.224. The Labute approximate surface area is 338 Å². The number of hydrogen-bond acceptors (Lipinski definition) is 4. The van der Waals surface area contributed by atoms with Crippen LogP contribution in [0.25, 0.3) is 22.3 Å². The Kier molecular flexibility index (Phi) is 12.6. The summed E-state index contributed by atoms with van der Waals surface area (Å²) in [5, 5.41) is 26.8. The third-order valence-electron chi connectivity index (χ3n) is 10.6. The lowest BCUT2D eigenvalue weighted by Crippen LogP contribution is -2.32. The molecule has 56 heavy (non-hydrogen) atoms.